The summed E-state index contributed by atoms with van der Waals surface area (Å²) >= 11 is 7.62. The standard InChI is InChI=1S/C14H16ClN3OS/c1-10-4-6-17(7-5-10)12(19)3-2-11-13(15)16-14-18(11)8-9-20-14/h2-3,8-10H,4-7H2,1H3/b3-2+. The van der Waals surface area contributed by atoms with Crippen molar-refractivity contribution in [1.82, 2.24) is 14.3 Å². The van der Waals surface area contributed by atoms with Crippen LogP contribution in [0.2, 0.25) is 5.15 Å². The monoisotopic (exact) mass is 309 g/mol. The van der Waals surface area contributed by atoms with E-state index >= 15 is 0 Å². The summed E-state index contributed by atoms with van der Waals surface area (Å²) in [5.41, 5.74) is 0.765. The second-order valence-electron chi connectivity index (χ2n) is 5.18. The van der Waals surface area contributed by atoms with Gasteiger partial charge in [0.1, 0.15) is 0 Å². The lowest BCUT2D eigenvalue weighted by Crippen LogP contribution is -2.36. The Bertz CT molecular complexity index is 652. The molecule has 106 valence electrons. The van der Waals surface area contributed by atoms with Crippen LogP contribution in [-0.4, -0.2) is 33.3 Å². The predicted octanol–water partition coefficient (Wildman–Crippen LogP) is 3.32. The average Bonchev–Trinajstić information content (AvgIpc) is 2.98. The number of amides is 1. The van der Waals surface area contributed by atoms with Gasteiger partial charge in [0.05, 0.1) is 5.69 Å². The van der Waals surface area contributed by atoms with E-state index in [1.54, 1.807) is 12.2 Å². The highest BCUT2D eigenvalue weighted by atomic mass is 35.5. The molecule has 1 aliphatic rings. The number of rotatable bonds is 2. The van der Waals surface area contributed by atoms with E-state index in [1.807, 2.05) is 20.9 Å². The first-order valence-corrected chi connectivity index (χ1v) is 7.99. The van der Waals surface area contributed by atoms with Gasteiger partial charge in [-0.1, -0.05) is 18.5 Å². The van der Waals surface area contributed by atoms with E-state index < -0.39 is 0 Å². The van der Waals surface area contributed by atoms with Gasteiger partial charge in [-0.3, -0.25) is 9.20 Å². The summed E-state index contributed by atoms with van der Waals surface area (Å²) in [6, 6.07) is 0. The molecule has 2 aromatic heterocycles. The Kier molecular flexibility index (Phi) is 3.81. The van der Waals surface area contributed by atoms with Crippen LogP contribution in [0.1, 0.15) is 25.5 Å². The molecule has 0 N–H and O–H groups in total. The van der Waals surface area contributed by atoms with Crippen LogP contribution in [0.4, 0.5) is 0 Å². The Morgan fingerprint density at radius 2 is 2.25 bits per heavy atom. The highest BCUT2D eigenvalue weighted by molar-refractivity contribution is 7.15. The highest BCUT2D eigenvalue weighted by Crippen LogP contribution is 2.22. The maximum atomic E-state index is 12.2. The van der Waals surface area contributed by atoms with Crippen molar-refractivity contribution in [3.8, 4) is 0 Å². The molecule has 0 radical (unpaired) electrons. The molecular formula is C14H16ClN3OS. The number of carbonyl (C=O) groups excluding carboxylic acids is 1. The summed E-state index contributed by atoms with van der Waals surface area (Å²) in [6.45, 7) is 3.92. The molecule has 1 amide bonds. The van der Waals surface area contributed by atoms with Gasteiger partial charge < -0.3 is 4.90 Å². The van der Waals surface area contributed by atoms with Gasteiger partial charge in [-0.25, -0.2) is 4.98 Å². The number of piperidine rings is 1. The number of fused-ring (bicyclic) bond motifs is 1. The molecule has 2 aromatic rings. The van der Waals surface area contributed by atoms with Crippen LogP contribution in [-0.2, 0) is 4.79 Å². The number of nitrogens with zero attached hydrogens (tertiary/aromatic N) is 3. The van der Waals surface area contributed by atoms with Gasteiger partial charge in [-0.05, 0) is 24.8 Å². The Labute approximate surface area is 126 Å². The highest BCUT2D eigenvalue weighted by Gasteiger charge is 2.18. The minimum atomic E-state index is 0.0538. The fourth-order valence-electron chi connectivity index (χ4n) is 2.41. The first-order chi connectivity index (χ1) is 9.65. The molecule has 0 atom stereocenters. The molecule has 3 rings (SSSR count). The SMILES string of the molecule is CC1CCN(C(=O)/C=C/c2c(Cl)nc3sccn23)CC1. The van der Waals surface area contributed by atoms with E-state index in [1.165, 1.54) is 11.3 Å². The molecule has 1 saturated heterocycles. The molecule has 1 fully saturated rings. The number of carbonyl (C=O) groups is 1. The molecule has 20 heavy (non-hydrogen) atoms. The Morgan fingerprint density at radius 3 is 3.00 bits per heavy atom. The fourth-order valence-corrected chi connectivity index (χ4v) is 3.42. The van der Waals surface area contributed by atoms with Crippen LogP contribution in [0.5, 0.6) is 0 Å². The van der Waals surface area contributed by atoms with Crippen molar-refractivity contribution in [3.63, 3.8) is 0 Å². The molecule has 0 aromatic carbocycles. The van der Waals surface area contributed by atoms with Crippen molar-refractivity contribution in [2.75, 3.05) is 13.1 Å². The molecule has 0 unspecified atom stereocenters. The molecule has 3 heterocycles. The Balaban J connectivity index is 1.75. The van der Waals surface area contributed by atoms with Crippen LogP contribution in [0.15, 0.2) is 17.7 Å². The van der Waals surface area contributed by atoms with Crippen molar-refractivity contribution in [2.24, 2.45) is 5.92 Å². The van der Waals surface area contributed by atoms with Gasteiger partial charge in [0.25, 0.3) is 0 Å². The summed E-state index contributed by atoms with van der Waals surface area (Å²) in [7, 11) is 0. The average molecular weight is 310 g/mol. The topological polar surface area (TPSA) is 37.6 Å². The fraction of sp³-hybridized carbons (Fsp3) is 0.429. The van der Waals surface area contributed by atoms with E-state index in [0.29, 0.717) is 5.15 Å². The normalized spacial score (nSPS) is 17.4. The summed E-state index contributed by atoms with van der Waals surface area (Å²) in [5.74, 6) is 0.774. The third-order valence-corrected chi connectivity index (χ3v) is 4.77. The van der Waals surface area contributed by atoms with E-state index in [4.69, 9.17) is 11.6 Å². The van der Waals surface area contributed by atoms with Crippen LogP contribution in [0.3, 0.4) is 0 Å². The first-order valence-electron chi connectivity index (χ1n) is 6.73. The van der Waals surface area contributed by atoms with E-state index in [2.05, 4.69) is 11.9 Å². The van der Waals surface area contributed by atoms with Gasteiger partial charge in [-0.15, -0.1) is 11.3 Å². The lowest BCUT2D eigenvalue weighted by Gasteiger charge is -2.29. The Hall–Kier alpha value is -1.33. The predicted molar refractivity (Wildman–Crippen MR) is 82.1 cm³/mol. The molecule has 0 spiro atoms. The summed E-state index contributed by atoms with van der Waals surface area (Å²) in [4.78, 5) is 19.1. The largest absolute Gasteiger partial charge is 0.339 e. The number of thiazole rings is 1. The van der Waals surface area contributed by atoms with Gasteiger partial charge in [0.2, 0.25) is 5.91 Å². The molecule has 1 aliphatic heterocycles. The van der Waals surface area contributed by atoms with Crippen molar-refractivity contribution < 1.29 is 4.79 Å². The third-order valence-electron chi connectivity index (χ3n) is 3.73. The quantitative estimate of drug-likeness (QED) is 0.798. The van der Waals surface area contributed by atoms with E-state index in [-0.39, 0.29) is 5.91 Å². The molecule has 4 nitrogen and oxygen atoms in total. The summed E-state index contributed by atoms with van der Waals surface area (Å²) in [6.07, 6.45) is 7.44. The van der Waals surface area contributed by atoms with Gasteiger partial charge in [0, 0.05) is 30.7 Å². The number of hydrogen-bond donors (Lipinski definition) is 0. The second-order valence-corrected chi connectivity index (χ2v) is 6.42. The van der Waals surface area contributed by atoms with Gasteiger partial charge in [-0.2, -0.15) is 0 Å². The zero-order valence-corrected chi connectivity index (χ0v) is 12.8. The number of aromatic nitrogens is 2. The van der Waals surface area contributed by atoms with E-state index in [0.717, 1.165) is 42.5 Å². The van der Waals surface area contributed by atoms with Crippen LogP contribution in [0.25, 0.3) is 11.0 Å². The molecule has 0 bridgehead atoms. The number of hydrogen-bond acceptors (Lipinski definition) is 3. The zero-order valence-electron chi connectivity index (χ0n) is 11.3. The van der Waals surface area contributed by atoms with Gasteiger partial charge in [0.15, 0.2) is 10.1 Å². The second kappa shape index (κ2) is 5.58. The molecule has 6 heteroatoms. The zero-order chi connectivity index (χ0) is 14.1. The minimum absolute atomic E-state index is 0.0538. The van der Waals surface area contributed by atoms with Crippen molar-refractivity contribution in [3.05, 3.63) is 28.5 Å². The maximum absolute atomic E-state index is 12.2. The summed E-state index contributed by atoms with van der Waals surface area (Å²) < 4.78 is 1.90. The lowest BCUT2D eigenvalue weighted by atomic mass is 9.99. The summed E-state index contributed by atoms with van der Waals surface area (Å²) in [5, 5.41) is 2.39. The first kappa shape index (κ1) is 13.6. The Morgan fingerprint density at radius 1 is 1.50 bits per heavy atom. The third kappa shape index (κ3) is 2.60. The van der Waals surface area contributed by atoms with Gasteiger partial charge >= 0.3 is 0 Å². The van der Waals surface area contributed by atoms with Crippen LogP contribution >= 0.6 is 22.9 Å². The van der Waals surface area contributed by atoms with Crippen molar-refractivity contribution >= 4 is 39.9 Å². The van der Waals surface area contributed by atoms with Crippen LogP contribution in [0, 0.1) is 5.92 Å². The number of likely N-dealkylation sites (tertiary alicyclic amines) is 1. The van der Waals surface area contributed by atoms with Crippen LogP contribution < -0.4 is 0 Å². The minimum Gasteiger partial charge on any atom is -0.339 e. The maximum Gasteiger partial charge on any atom is 0.246 e. The molecular weight excluding hydrogens is 294 g/mol. The molecule has 0 aliphatic carbocycles. The van der Waals surface area contributed by atoms with Crippen molar-refractivity contribution in [2.45, 2.75) is 19.8 Å². The lowest BCUT2D eigenvalue weighted by molar-refractivity contribution is -0.127. The van der Waals surface area contributed by atoms with Crippen molar-refractivity contribution in [1.29, 1.82) is 0 Å². The number of halogens is 1. The van der Waals surface area contributed by atoms with E-state index in [9.17, 15) is 4.79 Å². The number of imidazole rings is 1. The molecule has 0 saturated carbocycles. The smallest absolute Gasteiger partial charge is 0.246 e.